The Balaban J connectivity index is 2.48. The first-order valence-electron chi connectivity index (χ1n) is 5.45. The lowest BCUT2D eigenvalue weighted by Gasteiger charge is -2.13. The van der Waals surface area contributed by atoms with E-state index in [0.29, 0.717) is 0 Å². The van der Waals surface area contributed by atoms with Crippen LogP contribution in [0.4, 0.5) is 26.3 Å². The van der Waals surface area contributed by atoms with Crippen LogP contribution in [0.2, 0.25) is 0 Å². The van der Waals surface area contributed by atoms with Crippen molar-refractivity contribution in [2.75, 3.05) is 0 Å². The van der Waals surface area contributed by atoms with E-state index in [2.05, 4.69) is 6.07 Å². The van der Waals surface area contributed by atoms with Crippen molar-refractivity contribution in [3.05, 3.63) is 59.7 Å². The second-order valence-electron chi connectivity index (χ2n) is 4.03. The predicted molar refractivity (Wildman–Crippen MR) is 60.7 cm³/mol. The summed E-state index contributed by atoms with van der Waals surface area (Å²) in [5.41, 5.74) is -2.08. The molecule has 20 heavy (non-hydrogen) atoms. The Labute approximate surface area is 110 Å². The van der Waals surface area contributed by atoms with E-state index < -0.39 is 23.5 Å². The SMILES string of the molecule is FC(F)(F)c1ccc(-c2[c]cccc2C(F)(F)F)cc1. The lowest BCUT2D eigenvalue weighted by atomic mass is 9.98. The van der Waals surface area contributed by atoms with Crippen molar-refractivity contribution < 1.29 is 26.3 Å². The first-order chi connectivity index (χ1) is 9.19. The van der Waals surface area contributed by atoms with Gasteiger partial charge >= 0.3 is 12.4 Å². The van der Waals surface area contributed by atoms with E-state index in [4.69, 9.17) is 0 Å². The summed E-state index contributed by atoms with van der Waals surface area (Å²) < 4.78 is 75.6. The molecule has 0 aliphatic carbocycles. The largest absolute Gasteiger partial charge is 0.417 e. The van der Waals surface area contributed by atoms with Gasteiger partial charge in [0.15, 0.2) is 0 Å². The molecule has 0 aliphatic heterocycles. The molecule has 0 saturated heterocycles. The molecule has 0 aliphatic rings. The number of rotatable bonds is 1. The number of hydrogen-bond acceptors (Lipinski definition) is 0. The summed E-state index contributed by atoms with van der Waals surface area (Å²) in [4.78, 5) is 0. The van der Waals surface area contributed by atoms with Crippen molar-refractivity contribution in [1.29, 1.82) is 0 Å². The van der Waals surface area contributed by atoms with E-state index >= 15 is 0 Å². The molecule has 1 radical (unpaired) electrons. The molecule has 0 saturated carbocycles. The van der Waals surface area contributed by atoms with Gasteiger partial charge in [-0.3, -0.25) is 0 Å². The molecule has 0 aromatic heterocycles. The van der Waals surface area contributed by atoms with Crippen LogP contribution in [0, 0.1) is 6.07 Å². The summed E-state index contributed by atoms with van der Waals surface area (Å²) in [5.74, 6) is 0. The summed E-state index contributed by atoms with van der Waals surface area (Å²) >= 11 is 0. The van der Waals surface area contributed by atoms with Crippen LogP contribution in [0.3, 0.4) is 0 Å². The Kier molecular flexibility index (Phi) is 3.50. The van der Waals surface area contributed by atoms with E-state index in [1.54, 1.807) is 0 Å². The van der Waals surface area contributed by atoms with Crippen molar-refractivity contribution in [2.24, 2.45) is 0 Å². The van der Waals surface area contributed by atoms with Gasteiger partial charge in [-0.25, -0.2) is 0 Å². The molecule has 0 unspecified atom stereocenters. The molecule has 0 atom stereocenters. The maximum Gasteiger partial charge on any atom is 0.417 e. The Morgan fingerprint density at radius 1 is 0.750 bits per heavy atom. The third-order valence-electron chi connectivity index (χ3n) is 2.66. The van der Waals surface area contributed by atoms with E-state index in [0.717, 1.165) is 30.3 Å². The molecule has 0 fully saturated rings. The van der Waals surface area contributed by atoms with Crippen LogP contribution >= 0.6 is 0 Å². The molecule has 0 nitrogen and oxygen atoms in total. The van der Waals surface area contributed by atoms with Gasteiger partial charge in [-0.05, 0) is 29.8 Å². The third kappa shape index (κ3) is 2.95. The molecule has 2 aromatic carbocycles. The fourth-order valence-corrected chi connectivity index (χ4v) is 1.74. The van der Waals surface area contributed by atoms with Gasteiger partial charge in [0.05, 0.1) is 11.1 Å². The number of halogens is 6. The normalized spacial score (nSPS) is 12.5. The summed E-state index contributed by atoms with van der Waals surface area (Å²) in [6.07, 6.45) is -9.11. The molecule has 0 amide bonds. The second-order valence-corrected chi connectivity index (χ2v) is 4.03. The molecular weight excluding hydrogens is 282 g/mol. The van der Waals surface area contributed by atoms with Gasteiger partial charge in [-0.15, -0.1) is 0 Å². The molecular formula is C14H7F6. The van der Waals surface area contributed by atoms with E-state index in [1.807, 2.05) is 0 Å². The fourth-order valence-electron chi connectivity index (χ4n) is 1.74. The smallest absolute Gasteiger partial charge is 0.166 e. The molecule has 0 spiro atoms. The summed E-state index contributed by atoms with van der Waals surface area (Å²) in [6.45, 7) is 0. The highest BCUT2D eigenvalue weighted by molar-refractivity contribution is 5.67. The Morgan fingerprint density at radius 2 is 1.35 bits per heavy atom. The molecule has 0 heterocycles. The zero-order valence-corrected chi connectivity index (χ0v) is 9.81. The van der Waals surface area contributed by atoms with Crippen LogP contribution in [-0.2, 0) is 12.4 Å². The van der Waals surface area contributed by atoms with Crippen molar-refractivity contribution in [3.63, 3.8) is 0 Å². The van der Waals surface area contributed by atoms with Crippen LogP contribution in [0.15, 0.2) is 42.5 Å². The topological polar surface area (TPSA) is 0 Å². The second kappa shape index (κ2) is 4.85. The predicted octanol–water partition coefficient (Wildman–Crippen LogP) is 5.19. The van der Waals surface area contributed by atoms with Crippen molar-refractivity contribution in [1.82, 2.24) is 0 Å². The third-order valence-corrected chi connectivity index (χ3v) is 2.66. The van der Waals surface area contributed by atoms with Crippen LogP contribution in [-0.4, -0.2) is 0 Å². The van der Waals surface area contributed by atoms with Gasteiger partial charge < -0.3 is 0 Å². The molecule has 2 rings (SSSR count). The van der Waals surface area contributed by atoms with E-state index in [1.165, 1.54) is 12.1 Å². The van der Waals surface area contributed by atoms with E-state index in [-0.39, 0.29) is 11.1 Å². The molecule has 0 bridgehead atoms. The van der Waals surface area contributed by atoms with Gasteiger partial charge in [0.25, 0.3) is 0 Å². The van der Waals surface area contributed by atoms with Crippen LogP contribution < -0.4 is 0 Å². The molecule has 105 valence electrons. The highest BCUT2D eigenvalue weighted by Gasteiger charge is 2.34. The zero-order valence-electron chi connectivity index (χ0n) is 9.81. The highest BCUT2D eigenvalue weighted by atomic mass is 19.4. The maximum atomic E-state index is 12.8. The minimum absolute atomic E-state index is 0.0333. The van der Waals surface area contributed by atoms with E-state index in [9.17, 15) is 26.3 Å². The maximum absolute atomic E-state index is 12.8. The lowest BCUT2D eigenvalue weighted by Crippen LogP contribution is -2.07. The number of alkyl halides is 6. The molecule has 0 N–H and O–H groups in total. The summed E-state index contributed by atoms with van der Waals surface area (Å²) in [6, 6.07) is 9.24. The van der Waals surface area contributed by atoms with Crippen LogP contribution in [0.5, 0.6) is 0 Å². The monoisotopic (exact) mass is 289 g/mol. The van der Waals surface area contributed by atoms with Crippen molar-refractivity contribution in [2.45, 2.75) is 12.4 Å². The average molecular weight is 289 g/mol. The first-order valence-corrected chi connectivity index (χ1v) is 5.45. The minimum Gasteiger partial charge on any atom is -0.166 e. The van der Waals surface area contributed by atoms with Crippen molar-refractivity contribution in [3.8, 4) is 11.1 Å². The minimum atomic E-state index is -4.59. The molecule has 6 heteroatoms. The van der Waals surface area contributed by atoms with Gasteiger partial charge in [0, 0.05) is 5.56 Å². The van der Waals surface area contributed by atoms with Crippen LogP contribution in [0.25, 0.3) is 11.1 Å². The quantitative estimate of drug-likeness (QED) is 0.634. The number of benzene rings is 2. The lowest BCUT2D eigenvalue weighted by molar-refractivity contribution is -0.138. The average Bonchev–Trinajstić information content (AvgIpc) is 2.37. The van der Waals surface area contributed by atoms with Crippen LogP contribution in [0.1, 0.15) is 11.1 Å². The van der Waals surface area contributed by atoms with Crippen molar-refractivity contribution >= 4 is 0 Å². The first kappa shape index (κ1) is 14.4. The number of hydrogen-bond donors (Lipinski definition) is 0. The summed E-state index contributed by atoms with van der Waals surface area (Å²) in [5, 5.41) is 0. The Hall–Kier alpha value is -1.98. The summed E-state index contributed by atoms with van der Waals surface area (Å²) in [7, 11) is 0. The zero-order chi connectivity index (χ0) is 15.0. The van der Waals surface area contributed by atoms with Gasteiger partial charge in [-0.2, -0.15) is 26.3 Å². The standard InChI is InChI=1S/C14H7F6/c15-13(16,17)10-7-5-9(6-8-10)11-3-1-2-4-12(11)14(18,19)20/h1-2,4-8H. The molecule has 2 aromatic rings. The van der Waals surface area contributed by atoms with Gasteiger partial charge in [-0.1, -0.05) is 24.3 Å². The highest BCUT2D eigenvalue weighted by Crippen LogP contribution is 2.37. The fraction of sp³-hybridized carbons (Fsp3) is 0.143. The van der Waals surface area contributed by atoms with Gasteiger partial charge in [0.2, 0.25) is 0 Å². The Bertz CT molecular complexity index is 592. The van der Waals surface area contributed by atoms with Gasteiger partial charge in [0.1, 0.15) is 0 Å². The Morgan fingerprint density at radius 3 is 1.85 bits per heavy atom.